The molecule has 0 radical (unpaired) electrons. The maximum absolute atomic E-state index is 12.5. The predicted molar refractivity (Wildman–Crippen MR) is 82.6 cm³/mol. The number of phenols is 1. The Kier molecular flexibility index (Phi) is 4.41. The fraction of sp³-hybridized carbons (Fsp3) is 0.143. The van der Waals surface area contributed by atoms with Crippen LogP contribution in [-0.4, -0.2) is 24.9 Å². The van der Waals surface area contributed by atoms with E-state index in [2.05, 4.69) is 0 Å². The fourth-order valence-electron chi connectivity index (χ4n) is 1.87. The molecule has 0 aliphatic rings. The van der Waals surface area contributed by atoms with Crippen molar-refractivity contribution in [2.24, 2.45) is 0 Å². The number of nitrogens with zero attached hydrogens (tertiary/aromatic N) is 1. The lowest BCUT2D eigenvalue weighted by Crippen LogP contribution is -2.27. The lowest BCUT2D eigenvalue weighted by molar-refractivity contribution is 0.436. The molecule has 3 N–H and O–H groups in total. The van der Waals surface area contributed by atoms with Crippen molar-refractivity contribution < 1.29 is 13.5 Å². The Labute approximate surface area is 128 Å². The molecule has 0 fully saturated rings. The van der Waals surface area contributed by atoms with Gasteiger partial charge in [-0.3, -0.25) is 0 Å². The average Bonchev–Trinajstić information content (AvgIpc) is 2.43. The molecule has 0 amide bonds. The number of sulfonamides is 1. The number of aromatic hydroxyl groups is 1. The third-order valence-corrected chi connectivity index (χ3v) is 5.14. The Morgan fingerprint density at radius 2 is 1.90 bits per heavy atom. The second-order valence-corrected chi connectivity index (χ2v) is 7.02. The molecule has 0 spiro atoms. The van der Waals surface area contributed by atoms with Crippen LogP contribution in [0.3, 0.4) is 0 Å². The molecule has 21 heavy (non-hydrogen) atoms. The normalized spacial score (nSPS) is 11.8. The summed E-state index contributed by atoms with van der Waals surface area (Å²) in [7, 11) is -2.38. The molecule has 0 heterocycles. The molecule has 0 unspecified atom stereocenters. The highest BCUT2D eigenvalue weighted by Crippen LogP contribution is 2.27. The minimum Gasteiger partial charge on any atom is -0.508 e. The van der Waals surface area contributed by atoms with Gasteiger partial charge in [0.15, 0.2) is 0 Å². The van der Waals surface area contributed by atoms with Gasteiger partial charge in [-0.2, -0.15) is 4.31 Å². The topological polar surface area (TPSA) is 83.6 Å². The van der Waals surface area contributed by atoms with Gasteiger partial charge in [-0.1, -0.05) is 29.8 Å². The van der Waals surface area contributed by atoms with Crippen LogP contribution in [0.4, 0.5) is 5.69 Å². The number of benzene rings is 2. The van der Waals surface area contributed by atoms with Crippen LogP contribution < -0.4 is 5.73 Å². The van der Waals surface area contributed by atoms with E-state index < -0.39 is 10.0 Å². The minimum absolute atomic E-state index is 0.0287. The quantitative estimate of drug-likeness (QED) is 0.845. The van der Waals surface area contributed by atoms with Crippen molar-refractivity contribution in [1.29, 1.82) is 0 Å². The Bertz CT molecular complexity index is 763. The van der Waals surface area contributed by atoms with Crippen LogP contribution in [0.1, 0.15) is 5.56 Å². The van der Waals surface area contributed by atoms with Crippen LogP contribution in [-0.2, 0) is 16.6 Å². The van der Waals surface area contributed by atoms with Crippen LogP contribution in [0.15, 0.2) is 47.4 Å². The number of rotatable bonds is 4. The van der Waals surface area contributed by atoms with Gasteiger partial charge in [-0.15, -0.1) is 0 Å². The summed E-state index contributed by atoms with van der Waals surface area (Å²) in [6.07, 6.45) is 0. The first-order valence-electron chi connectivity index (χ1n) is 6.10. The second kappa shape index (κ2) is 5.93. The largest absolute Gasteiger partial charge is 0.508 e. The summed E-state index contributed by atoms with van der Waals surface area (Å²) in [5.74, 6) is 0.0404. The molecular formula is C14H15ClN2O3S. The van der Waals surface area contributed by atoms with Crippen LogP contribution in [0, 0.1) is 0 Å². The lowest BCUT2D eigenvalue weighted by Gasteiger charge is -2.19. The maximum Gasteiger partial charge on any atom is 0.245 e. The number of phenolic OH excluding ortho intramolecular Hbond substituents is 1. The SMILES string of the molecule is CN(Cc1ccccc1O)S(=O)(=O)c1cc(Cl)ccc1N. The maximum atomic E-state index is 12.5. The van der Waals surface area contributed by atoms with Gasteiger partial charge in [0.2, 0.25) is 10.0 Å². The zero-order chi connectivity index (χ0) is 15.6. The number of anilines is 1. The molecule has 2 aromatic rings. The highest BCUT2D eigenvalue weighted by molar-refractivity contribution is 7.89. The van der Waals surface area contributed by atoms with Crippen LogP contribution in [0.25, 0.3) is 0 Å². The number of hydrogen-bond acceptors (Lipinski definition) is 4. The number of para-hydroxylation sites is 1. The van der Waals surface area contributed by atoms with E-state index in [1.165, 1.54) is 31.3 Å². The number of halogens is 1. The zero-order valence-corrected chi connectivity index (χ0v) is 12.9. The molecule has 0 atom stereocenters. The highest BCUT2D eigenvalue weighted by atomic mass is 35.5. The van der Waals surface area contributed by atoms with Crippen molar-refractivity contribution in [3.8, 4) is 5.75 Å². The molecule has 0 saturated carbocycles. The van der Waals surface area contributed by atoms with E-state index >= 15 is 0 Å². The Morgan fingerprint density at radius 1 is 1.24 bits per heavy atom. The van der Waals surface area contributed by atoms with E-state index in [9.17, 15) is 13.5 Å². The van der Waals surface area contributed by atoms with Crippen LogP contribution >= 0.6 is 11.6 Å². The fourth-order valence-corrected chi connectivity index (χ4v) is 3.39. The summed E-state index contributed by atoms with van der Waals surface area (Å²) in [6.45, 7) is 0.0287. The first kappa shape index (κ1) is 15.6. The molecule has 2 rings (SSSR count). The molecule has 0 aliphatic carbocycles. The van der Waals surface area contributed by atoms with Gasteiger partial charge in [0.25, 0.3) is 0 Å². The summed E-state index contributed by atoms with van der Waals surface area (Å²) in [5, 5.41) is 10.0. The first-order valence-corrected chi connectivity index (χ1v) is 7.92. The standard InChI is InChI=1S/C14H15ClN2O3S/c1-17(9-10-4-2-3-5-13(10)18)21(19,20)14-8-11(15)6-7-12(14)16/h2-8,18H,9,16H2,1H3. The zero-order valence-electron chi connectivity index (χ0n) is 11.3. The molecule has 0 bridgehead atoms. The Morgan fingerprint density at radius 3 is 2.57 bits per heavy atom. The van der Waals surface area contributed by atoms with E-state index in [-0.39, 0.29) is 22.9 Å². The number of nitrogens with two attached hydrogens (primary N) is 1. The predicted octanol–water partition coefficient (Wildman–Crippen LogP) is 2.45. The van der Waals surface area contributed by atoms with E-state index in [0.717, 1.165) is 4.31 Å². The van der Waals surface area contributed by atoms with Crippen molar-refractivity contribution in [1.82, 2.24) is 4.31 Å². The monoisotopic (exact) mass is 326 g/mol. The minimum atomic E-state index is -3.79. The van der Waals surface area contributed by atoms with Gasteiger partial charge in [0.1, 0.15) is 10.6 Å². The summed E-state index contributed by atoms with van der Waals surface area (Å²) in [6, 6.07) is 10.8. The van der Waals surface area contributed by atoms with Crippen molar-refractivity contribution in [2.75, 3.05) is 12.8 Å². The highest BCUT2D eigenvalue weighted by Gasteiger charge is 2.24. The molecule has 5 nitrogen and oxygen atoms in total. The first-order chi connectivity index (χ1) is 9.82. The summed E-state index contributed by atoms with van der Waals surface area (Å²) in [5.41, 5.74) is 6.35. The summed E-state index contributed by atoms with van der Waals surface area (Å²) >= 11 is 5.83. The molecule has 0 aliphatic heterocycles. The van der Waals surface area contributed by atoms with E-state index in [4.69, 9.17) is 17.3 Å². The summed E-state index contributed by atoms with van der Waals surface area (Å²) in [4.78, 5) is -0.0482. The van der Waals surface area contributed by atoms with Gasteiger partial charge in [-0.05, 0) is 24.3 Å². The molecule has 7 heteroatoms. The van der Waals surface area contributed by atoms with Crippen molar-refractivity contribution in [2.45, 2.75) is 11.4 Å². The molecule has 0 saturated heterocycles. The van der Waals surface area contributed by atoms with Gasteiger partial charge in [-0.25, -0.2) is 8.42 Å². The second-order valence-electron chi connectivity index (χ2n) is 4.57. The third-order valence-electron chi connectivity index (χ3n) is 3.05. The van der Waals surface area contributed by atoms with Gasteiger partial charge in [0, 0.05) is 24.2 Å². The molecule has 0 aromatic heterocycles. The number of nitrogen functional groups attached to an aromatic ring is 1. The van der Waals surface area contributed by atoms with E-state index in [0.29, 0.717) is 10.6 Å². The van der Waals surface area contributed by atoms with Crippen molar-refractivity contribution in [3.05, 3.63) is 53.1 Å². The van der Waals surface area contributed by atoms with Gasteiger partial charge in [0.05, 0.1) is 5.69 Å². The molecule has 2 aromatic carbocycles. The van der Waals surface area contributed by atoms with E-state index in [1.807, 2.05) is 0 Å². The van der Waals surface area contributed by atoms with Crippen LogP contribution in [0.2, 0.25) is 5.02 Å². The molecular weight excluding hydrogens is 312 g/mol. The van der Waals surface area contributed by atoms with Gasteiger partial charge < -0.3 is 10.8 Å². The van der Waals surface area contributed by atoms with Crippen LogP contribution in [0.5, 0.6) is 5.75 Å². The Balaban J connectivity index is 2.35. The third kappa shape index (κ3) is 3.29. The number of hydrogen-bond donors (Lipinski definition) is 2. The Hall–Kier alpha value is -1.76. The average molecular weight is 327 g/mol. The molecule has 112 valence electrons. The van der Waals surface area contributed by atoms with Gasteiger partial charge >= 0.3 is 0 Å². The van der Waals surface area contributed by atoms with Crippen molar-refractivity contribution in [3.63, 3.8) is 0 Å². The lowest BCUT2D eigenvalue weighted by atomic mass is 10.2. The smallest absolute Gasteiger partial charge is 0.245 e. The summed E-state index contributed by atoms with van der Waals surface area (Å²) < 4.78 is 26.2. The van der Waals surface area contributed by atoms with E-state index in [1.54, 1.807) is 18.2 Å². The van der Waals surface area contributed by atoms with Crippen molar-refractivity contribution >= 4 is 27.3 Å².